The molecular weight excluding hydrogens is 384 g/mol. The number of carbonyl (C=O) groups is 1. The van der Waals surface area contributed by atoms with Gasteiger partial charge in [0.15, 0.2) is 0 Å². The first-order chi connectivity index (χ1) is 9.33. The SMILES string of the molecule is CN(CC(F)(F)F)C(=O)c1cc(F)c(Br)c(S(N)(=O)=O)c1. The molecule has 1 rings (SSSR count). The van der Waals surface area contributed by atoms with Crippen LogP contribution in [-0.2, 0) is 10.0 Å². The second-order valence-corrected chi connectivity index (χ2v) is 6.41. The molecule has 0 aliphatic rings. The normalized spacial score (nSPS) is 12.3. The van der Waals surface area contributed by atoms with Gasteiger partial charge in [-0.15, -0.1) is 0 Å². The Morgan fingerprint density at radius 2 is 1.90 bits per heavy atom. The fraction of sp³-hybridized carbons (Fsp3) is 0.300. The standard InChI is InChI=1S/C10H9BrF4N2O3S/c1-17(4-10(13,14)15)9(18)5-2-6(12)8(11)7(3-5)21(16,19)20/h2-3H,4H2,1H3,(H2,16,19,20). The maximum absolute atomic E-state index is 13.6. The minimum absolute atomic E-state index is 0.287. The van der Waals surface area contributed by atoms with E-state index in [0.717, 1.165) is 7.05 Å². The van der Waals surface area contributed by atoms with E-state index in [2.05, 4.69) is 15.9 Å². The van der Waals surface area contributed by atoms with E-state index < -0.39 is 49.4 Å². The molecule has 0 radical (unpaired) electrons. The smallest absolute Gasteiger partial charge is 0.333 e. The maximum atomic E-state index is 13.6. The highest BCUT2D eigenvalue weighted by Crippen LogP contribution is 2.27. The number of nitrogens with zero attached hydrogens (tertiary/aromatic N) is 1. The van der Waals surface area contributed by atoms with Crippen molar-refractivity contribution >= 4 is 31.9 Å². The van der Waals surface area contributed by atoms with Crippen LogP contribution in [0.2, 0.25) is 0 Å². The number of alkyl halides is 3. The number of sulfonamides is 1. The minimum atomic E-state index is -4.64. The van der Waals surface area contributed by atoms with E-state index in [1.807, 2.05) is 0 Å². The van der Waals surface area contributed by atoms with Crippen LogP contribution in [0.3, 0.4) is 0 Å². The van der Waals surface area contributed by atoms with Gasteiger partial charge in [-0.3, -0.25) is 4.79 Å². The molecule has 0 heterocycles. The van der Waals surface area contributed by atoms with Crippen molar-refractivity contribution in [1.29, 1.82) is 0 Å². The number of hydrogen-bond donors (Lipinski definition) is 1. The Morgan fingerprint density at radius 3 is 2.33 bits per heavy atom. The first kappa shape index (κ1) is 17.9. The molecule has 2 N–H and O–H groups in total. The average molecular weight is 393 g/mol. The predicted molar refractivity (Wildman–Crippen MR) is 68.5 cm³/mol. The summed E-state index contributed by atoms with van der Waals surface area (Å²) in [5.41, 5.74) is -0.563. The molecule has 0 aromatic heterocycles. The Hall–Kier alpha value is -1.20. The van der Waals surface area contributed by atoms with Crippen molar-refractivity contribution in [3.63, 3.8) is 0 Å². The van der Waals surface area contributed by atoms with Gasteiger partial charge in [0.05, 0.1) is 9.37 Å². The summed E-state index contributed by atoms with van der Waals surface area (Å²) in [6, 6.07) is 1.33. The molecule has 21 heavy (non-hydrogen) atoms. The highest BCUT2D eigenvalue weighted by atomic mass is 79.9. The molecule has 0 unspecified atom stereocenters. The summed E-state index contributed by atoms with van der Waals surface area (Å²) in [4.78, 5) is 11.3. The average Bonchev–Trinajstić information content (AvgIpc) is 2.27. The van der Waals surface area contributed by atoms with E-state index >= 15 is 0 Å². The first-order valence-electron chi connectivity index (χ1n) is 5.17. The van der Waals surface area contributed by atoms with Crippen LogP contribution in [0.15, 0.2) is 21.5 Å². The van der Waals surface area contributed by atoms with Gasteiger partial charge in [-0.25, -0.2) is 17.9 Å². The zero-order chi connectivity index (χ0) is 16.6. The fourth-order valence-electron chi connectivity index (χ4n) is 1.46. The molecule has 0 aliphatic heterocycles. The van der Waals surface area contributed by atoms with Crippen molar-refractivity contribution in [2.75, 3.05) is 13.6 Å². The van der Waals surface area contributed by atoms with E-state index in [1.165, 1.54) is 0 Å². The van der Waals surface area contributed by atoms with Gasteiger partial charge in [-0.05, 0) is 28.1 Å². The largest absolute Gasteiger partial charge is 0.406 e. The van der Waals surface area contributed by atoms with Gasteiger partial charge in [-0.2, -0.15) is 13.2 Å². The highest BCUT2D eigenvalue weighted by molar-refractivity contribution is 9.10. The molecule has 1 aromatic carbocycles. The molecule has 0 atom stereocenters. The Bertz CT molecular complexity index is 676. The van der Waals surface area contributed by atoms with Crippen molar-refractivity contribution in [2.45, 2.75) is 11.1 Å². The fourth-order valence-corrected chi connectivity index (χ4v) is 3.00. The Balaban J connectivity index is 3.27. The van der Waals surface area contributed by atoms with Crippen LogP contribution in [0.1, 0.15) is 10.4 Å². The summed E-state index contributed by atoms with van der Waals surface area (Å²) < 4.78 is 72.2. The summed E-state index contributed by atoms with van der Waals surface area (Å²) in [5.74, 6) is -2.33. The summed E-state index contributed by atoms with van der Waals surface area (Å²) in [5, 5.41) is 4.84. The van der Waals surface area contributed by atoms with Crippen molar-refractivity contribution < 1.29 is 30.8 Å². The summed E-state index contributed by atoms with van der Waals surface area (Å²) in [7, 11) is -3.50. The van der Waals surface area contributed by atoms with Gasteiger partial charge in [-0.1, -0.05) is 0 Å². The van der Waals surface area contributed by atoms with E-state index in [1.54, 1.807) is 0 Å². The Kier molecular flexibility index (Phi) is 5.01. The third-order valence-corrected chi connectivity index (χ3v) is 4.31. The molecule has 11 heteroatoms. The number of nitrogens with two attached hydrogens (primary N) is 1. The molecule has 0 fully saturated rings. The molecule has 0 saturated carbocycles. The number of primary sulfonamides is 1. The quantitative estimate of drug-likeness (QED) is 0.797. The number of benzene rings is 1. The van der Waals surface area contributed by atoms with Crippen LogP contribution in [0.5, 0.6) is 0 Å². The lowest BCUT2D eigenvalue weighted by atomic mass is 10.2. The second kappa shape index (κ2) is 5.89. The lowest BCUT2D eigenvalue weighted by Gasteiger charge is -2.19. The molecule has 0 bridgehead atoms. The molecule has 1 aromatic rings. The van der Waals surface area contributed by atoms with Crippen LogP contribution >= 0.6 is 15.9 Å². The van der Waals surface area contributed by atoms with E-state index in [9.17, 15) is 30.8 Å². The lowest BCUT2D eigenvalue weighted by molar-refractivity contribution is -0.138. The van der Waals surface area contributed by atoms with Crippen molar-refractivity contribution in [3.8, 4) is 0 Å². The number of halogens is 5. The van der Waals surface area contributed by atoms with Crippen LogP contribution in [0, 0.1) is 5.82 Å². The summed E-state index contributed by atoms with van der Waals surface area (Å²) >= 11 is 2.65. The molecule has 5 nitrogen and oxygen atoms in total. The summed E-state index contributed by atoms with van der Waals surface area (Å²) in [6.45, 7) is -1.56. The molecule has 0 saturated heterocycles. The number of hydrogen-bond acceptors (Lipinski definition) is 3. The van der Waals surface area contributed by atoms with Gasteiger partial charge < -0.3 is 4.90 Å². The minimum Gasteiger partial charge on any atom is -0.333 e. The van der Waals surface area contributed by atoms with Crippen LogP contribution in [-0.4, -0.2) is 39.0 Å². The third kappa shape index (κ3) is 4.64. The molecule has 0 spiro atoms. The van der Waals surface area contributed by atoms with E-state index in [4.69, 9.17) is 5.14 Å². The van der Waals surface area contributed by atoms with Crippen molar-refractivity contribution in [2.24, 2.45) is 5.14 Å². The number of rotatable bonds is 3. The maximum Gasteiger partial charge on any atom is 0.406 e. The van der Waals surface area contributed by atoms with Gasteiger partial charge in [0.25, 0.3) is 5.91 Å². The van der Waals surface area contributed by atoms with Crippen molar-refractivity contribution in [3.05, 3.63) is 28.0 Å². The van der Waals surface area contributed by atoms with Crippen molar-refractivity contribution in [1.82, 2.24) is 4.90 Å². The van der Waals surface area contributed by atoms with Gasteiger partial charge >= 0.3 is 6.18 Å². The summed E-state index contributed by atoms with van der Waals surface area (Å²) in [6.07, 6.45) is -4.64. The Morgan fingerprint density at radius 1 is 1.38 bits per heavy atom. The highest BCUT2D eigenvalue weighted by Gasteiger charge is 2.32. The van der Waals surface area contributed by atoms with Gasteiger partial charge in [0, 0.05) is 12.6 Å². The third-order valence-electron chi connectivity index (χ3n) is 2.31. The zero-order valence-corrected chi connectivity index (χ0v) is 12.8. The topological polar surface area (TPSA) is 80.5 Å². The van der Waals surface area contributed by atoms with E-state index in [0.29, 0.717) is 12.1 Å². The molecular formula is C10H9BrF4N2O3S. The monoisotopic (exact) mass is 392 g/mol. The Labute approximate surface area is 125 Å². The zero-order valence-electron chi connectivity index (χ0n) is 10.4. The van der Waals surface area contributed by atoms with Crippen LogP contribution in [0.4, 0.5) is 17.6 Å². The lowest BCUT2D eigenvalue weighted by Crippen LogP contribution is -2.36. The molecule has 0 aliphatic carbocycles. The van der Waals surface area contributed by atoms with Crippen LogP contribution < -0.4 is 5.14 Å². The molecule has 1 amide bonds. The first-order valence-corrected chi connectivity index (χ1v) is 7.51. The van der Waals surface area contributed by atoms with Gasteiger partial charge in [0.2, 0.25) is 10.0 Å². The second-order valence-electron chi connectivity index (χ2n) is 4.09. The molecule has 118 valence electrons. The van der Waals surface area contributed by atoms with E-state index in [-0.39, 0.29) is 4.90 Å². The van der Waals surface area contributed by atoms with Gasteiger partial charge in [0.1, 0.15) is 12.4 Å². The van der Waals surface area contributed by atoms with Crippen LogP contribution in [0.25, 0.3) is 0 Å². The predicted octanol–water partition coefficient (Wildman–Crippen LogP) is 1.87. The number of carbonyl (C=O) groups excluding carboxylic acids is 1. The number of amides is 1.